The standard InChI is InChI=1S/C13H12O9S3.Ca/c1-8(2)22-25(20,21)12-10-6-4-3-5-9(10)7-11(23(14,15)16)13(12)24(17,18)19;/h3-7H,1H2,2H3,(H,14,15,16)(H,17,18,19);/q;+2/p-2. The van der Waals surface area contributed by atoms with Crippen LogP contribution in [0.4, 0.5) is 0 Å². The maximum atomic E-state index is 12.4. The predicted octanol–water partition coefficient (Wildman–Crippen LogP) is 0.506. The Hall–Kier alpha value is -0.730. The van der Waals surface area contributed by atoms with Crippen LogP contribution >= 0.6 is 0 Å². The van der Waals surface area contributed by atoms with Crippen LogP contribution in [0.2, 0.25) is 0 Å². The van der Waals surface area contributed by atoms with E-state index < -0.39 is 45.0 Å². The molecule has 0 saturated heterocycles. The quantitative estimate of drug-likeness (QED) is 0.276. The molecule has 26 heavy (non-hydrogen) atoms. The first-order valence-electron chi connectivity index (χ1n) is 6.32. The smallest absolute Gasteiger partial charge is 0.744 e. The average molecular weight is 446 g/mol. The SMILES string of the molecule is C=C(C)OS(=O)(=O)c1c(S(=O)(=O)[O-])c(S(=O)(=O)[O-])cc2ccccc12.[Ca+2]. The first kappa shape index (κ1) is 23.3. The van der Waals surface area contributed by atoms with Crippen molar-refractivity contribution in [2.45, 2.75) is 21.6 Å². The topological polar surface area (TPSA) is 158 Å². The van der Waals surface area contributed by atoms with Gasteiger partial charge in [0.2, 0.25) is 0 Å². The van der Waals surface area contributed by atoms with Crippen molar-refractivity contribution in [1.29, 1.82) is 0 Å². The first-order valence-corrected chi connectivity index (χ1v) is 10.5. The summed E-state index contributed by atoms with van der Waals surface area (Å²) in [7, 11) is -16.1. The number of benzene rings is 2. The van der Waals surface area contributed by atoms with Gasteiger partial charge in [-0.15, -0.1) is 0 Å². The molecule has 0 aliphatic heterocycles. The van der Waals surface area contributed by atoms with Crippen molar-refractivity contribution >= 4 is 78.9 Å². The Morgan fingerprint density at radius 2 is 1.50 bits per heavy atom. The summed E-state index contributed by atoms with van der Waals surface area (Å²) < 4.78 is 98.4. The van der Waals surface area contributed by atoms with Gasteiger partial charge in [-0.1, -0.05) is 30.8 Å². The number of rotatable bonds is 5. The average Bonchev–Trinajstić information content (AvgIpc) is 2.41. The van der Waals surface area contributed by atoms with Gasteiger partial charge in [0, 0.05) is 5.39 Å². The normalized spacial score (nSPS) is 12.4. The summed E-state index contributed by atoms with van der Waals surface area (Å²) in [6.45, 7) is 4.34. The molecule has 0 aromatic heterocycles. The third kappa shape index (κ3) is 4.75. The van der Waals surface area contributed by atoms with Crippen LogP contribution in [-0.4, -0.2) is 72.1 Å². The van der Waals surface area contributed by atoms with Crippen molar-refractivity contribution in [3.05, 3.63) is 42.7 Å². The third-order valence-corrected chi connectivity index (χ3v) is 6.41. The summed E-state index contributed by atoms with van der Waals surface area (Å²) >= 11 is 0. The Balaban J connectivity index is 0.00000338. The van der Waals surface area contributed by atoms with Gasteiger partial charge in [-0.2, -0.15) is 8.42 Å². The molecule has 0 fully saturated rings. The summed E-state index contributed by atoms with van der Waals surface area (Å²) in [5, 5.41) is -0.390. The molecule has 0 amide bonds. The Morgan fingerprint density at radius 3 is 1.96 bits per heavy atom. The van der Waals surface area contributed by atoms with E-state index in [0.717, 1.165) is 13.0 Å². The molecule has 9 nitrogen and oxygen atoms in total. The minimum atomic E-state index is -5.68. The van der Waals surface area contributed by atoms with E-state index in [-0.39, 0.29) is 54.3 Å². The van der Waals surface area contributed by atoms with Crippen LogP contribution in [-0.2, 0) is 34.5 Å². The van der Waals surface area contributed by atoms with Gasteiger partial charge in [0.25, 0.3) is 0 Å². The second kappa shape index (κ2) is 7.72. The summed E-state index contributed by atoms with van der Waals surface area (Å²) in [6, 6.07) is 5.73. The largest absolute Gasteiger partial charge is 2.00 e. The minimum Gasteiger partial charge on any atom is -0.744 e. The zero-order valence-corrected chi connectivity index (χ0v) is 17.9. The molecule has 0 spiro atoms. The molecule has 0 aliphatic rings. The summed E-state index contributed by atoms with van der Waals surface area (Å²) in [5.74, 6) is -0.367. The molecular weight excluding hydrogens is 436 g/mol. The maximum Gasteiger partial charge on any atom is 2.00 e. The number of hydrogen-bond acceptors (Lipinski definition) is 9. The van der Waals surface area contributed by atoms with Gasteiger partial charge in [0.15, 0.2) is 0 Å². The molecule has 0 aliphatic carbocycles. The van der Waals surface area contributed by atoms with E-state index in [0.29, 0.717) is 6.07 Å². The molecule has 2 aromatic carbocycles. The number of fused-ring (bicyclic) bond motifs is 1. The van der Waals surface area contributed by atoms with Crippen LogP contribution in [0, 0.1) is 0 Å². The van der Waals surface area contributed by atoms with Gasteiger partial charge in [-0.25, -0.2) is 16.8 Å². The molecular formula is C13H10CaO9S3. The number of allylic oxidation sites excluding steroid dienone is 1. The van der Waals surface area contributed by atoms with Crippen LogP contribution < -0.4 is 0 Å². The fourth-order valence-electron chi connectivity index (χ4n) is 2.17. The Bertz CT molecular complexity index is 1200. The van der Waals surface area contributed by atoms with Crippen molar-refractivity contribution in [1.82, 2.24) is 0 Å². The molecule has 0 saturated carbocycles. The van der Waals surface area contributed by atoms with E-state index in [2.05, 4.69) is 10.8 Å². The van der Waals surface area contributed by atoms with Crippen molar-refractivity contribution < 1.29 is 38.5 Å². The first-order chi connectivity index (χ1) is 11.2. The van der Waals surface area contributed by atoms with Gasteiger partial charge in [0.1, 0.15) is 30.9 Å². The minimum absolute atomic E-state index is 0. The van der Waals surface area contributed by atoms with E-state index in [1.54, 1.807) is 0 Å². The summed E-state index contributed by atoms with van der Waals surface area (Å²) in [5.41, 5.74) is 0. The Kier molecular flexibility index (Phi) is 6.92. The van der Waals surface area contributed by atoms with Crippen LogP contribution in [0.15, 0.2) is 57.4 Å². The van der Waals surface area contributed by atoms with Gasteiger partial charge < -0.3 is 13.3 Å². The zero-order chi connectivity index (χ0) is 19.2. The molecule has 136 valence electrons. The molecule has 0 bridgehead atoms. The third-order valence-electron chi connectivity index (χ3n) is 2.94. The van der Waals surface area contributed by atoms with Gasteiger partial charge in [0.05, 0.1) is 9.79 Å². The number of hydrogen-bond donors (Lipinski definition) is 0. The van der Waals surface area contributed by atoms with E-state index in [1.165, 1.54) is 18.2 Å². The van der Waals surface area contributed by atoms with Crippen molar-refractivity contribution in [2.75, 3.05) is 0 Å². The van der Waals surface area contributed by atoms with Crippen molar-refractivity contribution in [3.63, 3.8) is 0 Å². The molecule has 0 radical (unpaired) electrons. The Labute approximate surface area is 180 Å². The second-order valence-electron chi connectivity index (χ2n) is 4.90. The predicted molar refractivity (Wildman–Crippen MR) is 88.7 cm³/mol. The van der Waals surface area contributed by atoms with Crippen molar-refractivity contribution in [2.24, 2.45) is 0 Å². The van der Waals surface area contributed by atoms with Crippen LogP contribution in [0.1, 0.15) is 6.92 Å². The van der Waals surface area contributed by atoms with Gasteiger partial charge in [-0.05, 0) is 18.4 Å². The van der Waals surface area contributed by atoms with E-state index in [9.17, 15) is 34.4 Å². The molecule has 0 N–H and O–H groups in total. The van der Waals surface area contributed by atoms with Crippen molar-refractivity contribution in [3.8, 4) is 0 Å². The fourth-order valence-corrected chi connectivity index (χ4v) is 5.95. The molecule has 0 atom stereocenters. The van der Waals surface area contributed by atoms with Gasteiger partial charge in [-0.3, -0.25) is 0 Å². The summed E-state index contributed by atoms with van der Waals surface area (Å²) in [6.07, 6.45) is 0. The molecule has 2 aromatic rings. The zero-order valence-electron chi connectivity index (χ0n) is 13.2. The molecule has 13 heteroatoms. The molecule has 0 heterocycles. The summed E-state index contributed by atoms with van der Waals surface area (Å²) in [4.78, 5) is -4.37. The maximum absolute atomic E-state index is 12.4. The van der Waals surface area contributed by atoms with E-state index >= 15 is 0 Å². The van der Waals surface area contributed by atoms with Crippen LogP contribution in [0.5, 0.6) is 0 Å². The van der Waals surface area contributed by atoms with E-state index in [1.807, 2.05) is 0 Å². The second-order valence-corrected chi connectivity index (χ2v) is 9.05. The Morgan fingerprint density at radius 1 is 0.962 bits per heavy atom. The van der Waals surface area contributed by atoms with Crippen LogP contribution in [0.25, 0.3) is 10.8 Å². The molecule has 0 unspecified atom stereocenters. The monoisotopic (exact) mass is 446 g/mol. The van der Waals surface area contributed by atoms with Gasteiger partial charge >= 0.3 is 47.9 Å². The fraction of sp³-hybridized carbons (Fsp3) is 0.0769. The van der Waals surface area contributed by atoms with E-state index in [4.69, 9.17) is 0 Å². The molecule has 2 rings (SSSR count). The van der Waals surface area contributed by atoms with Crippen LogP contribution in [0.3, 0.4) is 0 Å².